The van der Waals surface area contributed by atoms with E-state index in [1.54, 1.807) is 7.11 Å². The highest BCUT2D eigenvalue weighted by atomic mass is 16.5. The number of hydrogen-bond donors (Lipinski definition) is 1. The molecule has 0 radical (unpaired) electrons. The van der Waals surface area contributed by atoms with E-state index >= 15 is 0 Å². The number of rotatable bonds is 8. The van der Waals surface area contributed by atoms with Gasteiger partial charge in [0.1, 0.15) is 0 Å². The van der Waals surface area contributed by atoms with Crippen LogP contribution in [0.5, 0.6) is 0 Å². The Morgan fingerprint density at radius 3 is 2.40 bits per heavy atom. The topological polar surface area (TPSA) is 58.8 Å². The molecule has 5 nitrogen and oxygen atoms in total. The number of nitrogens with two attached hydrogens (primary N) is 1. The van der Waals surface area contributed by atoms with Gasteiger partial charge < -0.3 is 15.4 Å². The second-order valence-corrected chi connectivity index (χ2v) is 6.09. The molecule has 0 aromatic rings. The average Bonchev–Trinajstić information content (AvgIpc) is 2.45. The van der Waals surface area contributed by atoms with Gasteiger partial charge in [-0.25, -0.2) is 0 Å². The van der Waals surface area contributed by atoms with Gasteiger partial charge in [0.2, 0.25) is 5.91 Å². The second-order valence-electron chi connectivity index (χ2n) is 6.09. The highest BCUT2D eigenvalue weighted by Crippen LogP contribution is 2.08. The van der Waals surface area contributed by atoms with Gasteiger partial charge in [-0.15, -0.1) is 0 Å². The number of ether oxygens (including phenoxy) is 1. The number of piperazine rings is 1. The summed E-state index contributed by atoms with van der Waals surface area (Å²) >= 11 is 0. The molecule has 1 fully saturated rings. The van der Waals surface area contributed by atoms with Gasteiger partial charge in [0.05, 0.1) is 6.04 Å². The molecule has 5 heteroatoms. The Morgan fingerprint density at radius 1 is 1.20 bits per heavy atom. The molecule has 2 N–H and O–H groups in total. The van der Waals surface area contributed by atoms with Crippen molar-refractivity contribution >= 4 is 5.91 Å². The smallest absolute Gasteiger partial charge is 0.239 e. The van der Waals surface area contributed by atoms with Crippen molar-refractivity contribution in [3.05, 3.63) is 0 Å². The maximum absolute atomic E-state index is 12.2. The van der Waals surface area contributed by atoms with E-state index in [0.29, 0.717) is 13.0 Å². The number of nitrogens with zero attached hydrogens (tertiary/aromatic N) is 2. The van der Waals surface area contributed by atoms with Crippen molar-refractivity contribution in [1.29, 1.82) is 0 Å². The summed E-state index contributed by atoms with van der Waals surface area (Å²) in [7, 11) is 1.67. The third-order valence-corrected chi connectivity index (χ3v) is 3.89. The monoisotopic (exact) mass is 285 g/mol. The molecule has 1 aliphatic rings. The molecule has 0 saturated carbocycles. The SMILES string of the molecule is COCCCC(N)C(=O)N1CCN(CCC(C)C)CC1. The molecule has 20 heavy (non-hydrogen) atoms. The second kappa shape index (κ2) is 9.32. The van der Waals surface area contributed by atoms with Crippen LogP contribution < -0.4 is 5.73 Å². The zero-order valence-corrected chi connectivity index (χ0v) is 13.3. The van der Waals surface area contributed by atoms with Crippen molar-refractivity contribution in [3.8, 4) is 0 Å². The maximum atomic E-state index is 12.2. The first kappa shape index (κ1) is 17.4. The van der Waals surface area contributed by atoms with E-state index in [9.17, 15) is 4.79 Å². The maximum Gasteiger partial charge on any atom is 0.239 e. The van der Waals surface area contributed by atoms with E-state index in [0.717, 1.165) is 45.1 Å². The molecular weight excluding hydrogens is 254 g/mol. The minimum Gasteiger partial charge on any atom is -0.385 e. The molecule has 0 aliphatic carbocycles. The number of carbonyl (C=O) groups is 1. The minimum absolute atomic E-state index is 0.101. The molecule has 118 valence electrons. The molecule has 1 atom stereocenters. The lowest BCUT2D eigenvalue weighted by atomic mass is 10.1. The first-order chi connectivity index (χ1) is 9.54. The molecule has 1 heterocycles. The fourth-order valence-electron chi connectivity index (χ4n) is 2.44. The predicted octanol–water partition coefficient (Wildman–Crippen LogP) is 0.931. The Bertz CT molecular complexity index is 276. The summed E-state index contributed by atoms with van der Waals surface area (Å²) in [5, 5.41) is 0. The summed E-state index contributed by atoms with van der Waals surface area (Å²) in [5.74, 6) is 0.841. The summed E-state index contributed by atoms with van der Waals surface area (Å²) < 4.78 is 4.99. The van der Waals surface area contributed by atoms with Gasteiger partial charge in [-0.1, -0.05) is 13.8 Å². The molecule has 1 amide bonds. The normalized spacial score (nSPS) is 18.6. The standard InChI is InChI=1S/C15H31N3O2/c1-13(2)6-7-17-8-10-18(11-9-17)15(19)14(16)5-4-12-20-3/h13-14H,4-12,16H2,1-3H3. The highest BCUT2D eigenvalue weighted by molar-refractivity contribution is 5.81. The molecule has 0 bridgehead atoms. The first-order valence-electron chi connectivity index (χ1n) is 7.80. The zero-order chi connectivity index (χ0) is 15.0. The lowest BCUT2D eigenvalue weighted by molar-refractivity contribution is -0.134. The Hall–Kier alpha value is -0.650. The number of methoxy groups -OCH3 is 1. The number of hydrogen-bond acceptors (Lipinski definition) is 4. The molecule has 1 saturated heterocycles. The molecule has 1 rings (SSSR count). The van der Waals surface area contributed by atoms with Crippen molar-refractivity contribution in [2.24, 2.45) is 11.7 Å². The summed E-state index contributed by atoms with van der Waals surface area (Å²) in [5.41, 5.74) is 5.96. The lowest BCUT2D eigenvalue weighted by Gasteiger charge is -2.36. The van der Waals surface area contributed by atoms with Gasteiger partial charge in [0.25, 0.3) is 0 Å². The third kappa shape index (κ3) is 6.20. The van der Waals surface area contributed by atoms with Crippen molar-refractivity contribution in [2.75, 3.05) is 46.4 Å². The van der Waals surface area contributed by atoms with Gasteiger partial charge in [-0.05, 0) is 31.7 Å². The van der Waals surface area contributed by atoms with Crippen LogP contribution in [0.4, 0.5) is 0 Å². The van der Waals surface area contributed by atoms with Gasteiger partial charge >= 0.3 is 0 Å². The van der Waals surface area contributed by atoms with E-state index in [1.807, 2.05) is 4.90 Å². The Morgan fingerprint density at radius 2 is 1.85 bits per heavy atom. The van der Waals surface area contributed by atoms with Gasteiger partial charge in [-0.3, -0.25) is 9.69 Å². The van der Waals surface area contributed by atoms with E-state index < -0.39 is 0 Å². The van der Waals surface area contributed by atoms with Crippen LogP contribution >= 0.6 is 0 Å². The summed E-state index contributed by atoms with van der Waals surface area (Å²) in [6.07, 6.45) is 2.78. The van der Waals surface area contributed by atoms with Crippen LogP contribution in [0.25, 0.3) is 0 Å². The Labute approximate surface area is 123 Å². The van der Waals surface area contributed by atoms with Crippen molar-refractivity contribution < 1.29 is 9.53 Å². The molecule has 1 unspecified atom stereocenters. The third-order valence-electron chi connectivity index (χ3n) is 3.89. The van der Waals surface area contributed by atoms with Crippen LogP contribution in [0.3, 0.4) is 0 Å². The van der Waals surface area contributed by atoms with Gasteiger partial charge in [0.15, 0.2) is 0 Å². The van der Waals surface area contributed by atoms with E-state index in [4.69, 9.17) is 10.5 Å². The van der Waals surface area contributed by atoms with Gasteiger partial charge in [-0.2, -0.15) is 0 Å². The molecule has 0 aromatic carbocycles. The van der Waals surface area contributed by atoms with Crippen LogP contribution in [-0.4, -0.2) is 68.2 Å². The molecule has 0 aromatic heterocycles. The summed E-state index contributed by atoms with van der Waals surface area (Å²) in [6, 6.07) is -0.368. The highest BCUT2D eigenvalue weighted by Gasteiger charge is 2.24. The Balaban J connectivity index is 2.24. The fourth-order valence-corrected chi connectivity index (χ4v) is 2.44. The largest absolute Gasteiger partial charge is 0.385 e. The lowest BCUT2D eigenvalue weighted by Crippen LogP contribution is -2.53. The number of amides is 1. The van der Waals surface area contributed by atoms with Crippen LogP contribution in [0, 0.1) is 5.92 Å². The van der Waals surface area contributed by atoms with Crippen molar-refractivity contribution in [2.45, 2.75) is 39.2 Å². The van der Waals surface area contributed by atoms with Crippen molar-refractivity contribution in [1.82, 2.24) is 9.80 Å². The fraction of sp³-hybridized carbons (Fsp3) is 0.933. The molecule has 0 spiro atoms. The molecular formula is C15H31N3O2. The number of carbonyl (C=O) groups excluding carboxylic acids is 1. The van der Waals surface area contributed by atoms with Gasteiger partial charge in [0, 0.05) is 39.9 Å². The van der Waals surface area contributed by atoms with E-state index in [2.05, 4.69) is 18.7 Å². The van der Waals surface area contributed by atoms with Crippen LogP contribution in [-0.2, 0) is 9.53 Å². The summed E-state index contributed by atoms with van der Waals surface area (Å²) in [4.78, 5) is 16.6. The minimum atomic E-state index is -0.368. The van der Waals surface area contributed by atoms with Crippen LogP contribution in [0.2, 0.25) is 0 Å². The van der Waals surface area contributed by atoms with E-state index in [-0.39, 0.29) is 11.9 Å². The molecule has 1 aliphatic heterocycles. The van der Waals surface area contributed by atoms with Crippen LogP contribution in [0.1, 0.15) is 33.1 Å². The Kier molecular flexibility index (Phi) is 8.11. The zero-order valence-electron chi connectivity index (χ0n) is 13.3. The van der Waals surface area contributed by atoms with Crippen LogP contribution in [0.15, 0.2) is 0 Å². The first-order valence-corrected chi connectivity index (χ1v) is 7.80. The predicted molar refractivity (Wildman–Crippen MR) is 81.6 cm³/mol. The summed E-state index contributed by atoms with van der Waals surface area (Å²) in [6.45, 7) is 9.89. The van der Waals surface area contributed by atoms with Crippen molar-refractivity contribution in [3.63, 3.8) is 0 Å². The average molecular weight is 285 g/mol. The quantitative estimate of drug-likeness (QED) is 0.674. The van der Waals surface area contributed by atoms with E-state index in [1.165, 1.54) is 6.42 Å².